The number of hydrogen-bond acceptors (Lipinski definition) is 7. The topological polar surface area (TPSA) is 100 Å². The van der Waals surface area contributed by atoms with E-state index >= 15 is 0 Å². The Morgan fingerprint density at radius 2 is 2.11 bits per heavy atom. The minimum absolute atomic E-state index is 0.0262. The summed E-state index contributed by atoms with van der Waals surface area (Å²) in [6.45, 7) is 8.53. The van der Waals surface area contributed by atoms with Gasteiger partial charge in [0, 0.05) is 6.54 Å². The maximum Gasteiger partial charge on any atom is 0.350 e. The number of hydrogen-bond donors (Lipinski definition) is 2. The standard InChI is InChI=1S/C18H24ClN5O3S/c1-5-10-14(19)23-15(21-10)16(25)22-11-8-24(12(11)6-2)18-20-9(4)13(28-18)17(26)27-7-3/h11-12H,5-8H2,1-4H3,(H,21,23)(H,22,25)/t11-,12+/m0/s1. The zero-order valence-electron chi connectivity index (χ0n) is 16.3. The van der Waals surface area contributed by atoms with Crippen LogP contribution in [0.2, 0.25) is 5.15 Å². The van der Waals surface area contributed by atoms with E-state index in [0.717, 1.165) is 17.2 Å². The first-order chi connectivity index (χ1) is 13.4. The average Bonchev–Trinajstić information content (AvgIpc) is 3.21. The molecule has 0 aliphatic carbocycles. The zero-order valence-corrected chi connectivity index (χ0v) is 17.9. The van der Waals surface area contributed by atoms with E-state index in [4.69, 9.17) is 16.3 Å². The van der Waals surface area contributed by atoms with Crippen LogP contribution in [0.25, 0.3) is 0 Å². The summed E-state index contributed by atoms with van der Waals surface area (Å²) in [6.07, 6.45) is 1.51. The van der Waals surface area contributed by atoms with E-state index in [1.165, 1.54) is 11.3 Å². The SMILES string of the molecule is CCOC(=O)c1sc(N2C[C@H](NC(=O)c3nc(Cl)c(CC)[nH]3)[C@H]2CC)nc1C. The maximum absolute atomic E-state index is 12.5. The highest BCUT2D eigenvalue weighted by atomic mass is 35.5. The molecule has 0 aromatic carbocycles. The molecule has 10 heteroatoms. The van der Waals surface area contributed by atoms with Gasteiger partial charge in [-0.2, -0.15) is 0 Å². The summed E-state index contributed by atoms with van der Waals surface area (Å²) in [5, 5.41) is 4.12. The molecule has 152 valence electrons. The molecule has 2 N–H and O–H groups in total. The van der Waals surface area contributed by atoms with E-state index in [9.17, 15) is 9.59 Å². The van der Waals surface area contributed by atoms with E-state index in [1.54, 1.807) is 13.8 Å². The van der Waals surface area contributed by atoms with Gasteiger partial charge in [0.15, 0.2) is 16.1 Å². The molecule has 1 saturated heterocycles. The Morgan fingerprint density at radius 3 is 2.71 bits per heavy atom. The smallest absolute Gasteiger partial charge is 0.350 e. The van der Waals surface area contributed by atoms with Gasteiger partial charge in [-0.1, -0.05) is 36.8 Å². The molecular formula is C18H24ClN5O3S. The van der Waals surface area contributed by atoms with Gasteiger partial charge in [-0.15, -0.1) is 0 Å². The predicted molar refractivity (Wildman–Crippen MR) is 108 cm³/mol. The zero-order chi connectivity index (χ0) is 20.4. The molecule has 1 aliphatic rings. The lowest BCUT2D eigenvalue weighted by Gasteiger charge is -2.47. The fourth-order valence-corrected chi connectivity index (χ4v) is 4.57. The van der Waals surface area contributed by atoms with Gasteiger partial charge < -0.3 is 19.9 Å². The monoisotopic (exact) mass is 425 g/mol. The highest BCUT2D eigenvalue weighted by Gasteiger charge is 2.41. The third-order valence-electron chi connectivity index (χ3n) is 4.78. The van der Waals surface area contributed by atoms with Crippen LogP contribution in [0.4, 0.5) is 5.13 Å². The number of nitrogens with zero attached hydrogens (tertiary/aromatic N) is 3. The molecule has 8 nitrogen and oxygen atoms in total. The Labute approximate surface area is 172 Å². The van der Waals surface area contributed by atoms with Crippen molar-refractivity contribution in [1.82, 2.24) is 20.3 Å². The van der Waals surface area contributed by atoms with Crippen LogP contribution in [-0.4, -0.2) is 52.1 Å². The number of amides is 1. The van der Waals surface area contributed by atoms with Gasteiger partial charge in [-0.3, -0.25) is 4.79 Å². The Balaban J connectivity index is 1.67. The number of nitrogens with one attached hydrogen (secondary N) is 2. The van der Waals surface area contributed by atoms with Gasteiger partial charge in [-0.25, -0.2) is 14.8 Å². The molecule has 3 heterocycles. The van der Waals surface area contributed by atoms with E-state index in [2.05, 4.69) is 32.1 Å². The molecule has 1 amide bonds. The summed E-state index contributed by atoms with van der Waals surface area (Å²) in [6, 6.07) is 0.0716. The van der Waals surface area contributed by atoms with Crippen LogP contribution in [-0.2, 0) is 11.2 Å². The van der Waals surface area contributed by atoms with Crippen LogP contribution in [0.5, 0.6) is 0 Å². The number of esters is 1. The number of aromatic nitrogens is 3. The fraction of sp³-hybridized carbons (Fsp3) is 0.556. The van der Waals surface area contributed by atoms with E-state index in [0.29, 0.717) is 35.3 Å². The predicted octanol–water partition coefficient (Wildman–Crippen LogP) is 2.96. The number of H-pyrrole nitrogens is 1. The van der Waals surface area contributed by atoms with E-state index in [1.807, 2.05) is 6.92 Å². The summed E-state index contributed by atoms with van der Waals surface area (Å²) in [4.78, 5) is 38.7. The van der Waals surface area contributed by atoms with E-state index in [-0.39, 0.29) is 29.8 Å². The lowest BCUT2D eigenvalue weighted by Crippen LogP contribution is -2.66. The molecule has 2 aromatic rings. The molecule has 0 saturated carbocycles. The number of rotatable bonds is 7. The lowest BCUT2D eigenvalue weighted by molar-refractivity contribution is 0.0531. The van der Waals surface area contributed by atoms with Gasteiger partial charge >= 0.3 is 5.97 Å². The molecule has 0 bridgehead atoms. The average molecular weight is 426 g/mol. The first-order valence-electron chi connectivity index (χ1n) is 9.35. The van der Waals surface area contributed by atoms with Crippen molar-refractivity contribution in [2.24, 2.45) is 0 Å². The molecule has 1 fully saturated rings. The fourth-order valence-electron chi connectivity index (χ4n) is 3.27. The molecule has 28 heavy (non-hydrogen) atoms. The highest BCUT2D eigenvalue weighted by Crippen LogP contribution is 2.34. The molecule has 2 aromatic heterocycles. The van der Waals surface area contributed by atoms with Gasteiger partial charge in [0.1, 0.15) is 4.88 Å². The second-order valence-electron chi connectivity index (χ2n) is 6.55. The number of ether oxygens (including phenoxy) is 1. The first-order valence-corrected chi connectivity index (χ1v) is 10.5. The number of aryl methyl sites for hydroxylation is 2. The minimum Gasteiger partial charge on any atom is -0.462 e. The van der Waals surface area contributed by atoms with Crippen molar-refractivity contribution in [1.29, 1.82) is 0 Å². The van der Waals surface area contributed by atoms with Gasteiger partial charge in [0.05, 0.1) is 30.1 Å². The number of aromatic amines is 1. The van der Waals surface area contributed by atoms with Gasteiger partial charge in [-0.05, 0) is 26.7 Å². The Morgan fingerprint density at radius 1 is 1.36 bits per heavy atom. The lowest BCUT2D eigenvalue weighted by atomic mass is 9.94. The number of imidazole rings is 1. The van der Waals surface area contributed by atoms with Crippen molar-refractivity contribution < 1.29 is 14.3 Å². The van der Waals surface area contributed by atoms with Crippen molar-refractivity contribution in [2.75, 3.05) is 18.1 Å². The summed E-state index contributed by atoms with van der Waals surface area (Å²) in [5.74, 6) is -0.388. The summed E-state index contributed by atoms with van der Waals surface area (Å²) in [7, 11) is 0. The van der Waals surface area contributed by atoms with Crippen molar-refractivity contribution in [2.45, 2.75) is 52.6 Å². The largest absolute Gasteiger partial charge is 0.462 e. The number of anilines is 1. The Hall–Kier alpha value is -2.13. The van der Waals surface area contributed by atoms with Crippen LogP contribution < -0.4 is 10.2 Å². The summed E-state index contributed by atoms with van der Waals surface area (Å²) in [5.41, 5.74) is 1.41. The van der Waals surface area contributed by atoms with Crippen molar-refractivity contribution in [3.63, 3.8) is 0 Å². The normalized spacial score (nSPS) is 18.7. The molecule has 3 rings (SSSR count). The number of carbonyl (C=O) groups is 2. The molecule has 2 atom stereocenters. The minimum atomic E-state index is -0.344. The van der Waals surface area contributed by atoms with Crippen LogP contribution in [0.3, 0.4) is 0 Å². The quantitative estimate of drug-likeness (QED) is 0.661. The number of carbonyl (C=O) groups excluding carboxylic acids is 2. The number of thiazole rings is 1. The van der Waals surface area contributed by atoms with Gasteiger partial charge in [0.25, 0.3) is 5.91 Å². The van der Waals surface area contributed by atoms with Crippen LogP contribution in [0, 0.1) is 6.92 Å². The van der Waals surface area contributed by atoms with Crippen LogP contribution in [0.1, 0.15) is 58.9 Å². The molecule has 1 aliphatic heterocycles. The molecular weight excluding hydrogens is 402 g/mol. The van der Waals surface area contributed by atoms with Crippen molar-refractivity contribution >= 4 is 39.9 Å². The molecule has 0 unspecified atom stereocenters. The first kappa shape index (κ1) is 20.6. The van der Waals surface area contributed by atoms with Crippen LogP contribution >= 0.6 is 22.9 Å². The molecule has 0 spiro atoms. The summed E-state index contributed by atoms with van der Waals surface area (Å²) >= 11 is 7.35. The second-order valence-corrected chi connectivity index (χ2v) is 7.88. The molecule has 0 radical (unpaired) electrons. The highest BCUT2D eigenvalue weighted by molar-refractivity contribution is 7.17. The van der Waals surface area contributed by atoms with Gasteiger partial charge in [0.2, 0.25) is 0 Å². The van der Waals surface area contributed by atoms with E-state index < -0.39 is 0 Å². The summed E-state index contributed by atoms with van der Waals surface area (Å²) < 4.78 is 5.08. The third-order valence-corrected chi connectivity index (χ3v) is 6.27. The van der Waals surface area contributed by atoms with Crippen LogP contribution in [0.15, 0.2) is 0 Å². The number of halogens is 1. The van der Waals surface area contributed by atoms with Crippen molar-refractivity contribution in [3.8, 4) is 0 Å². The maximum atomic E-state index is 12.5. The second kappa shape index (κ2) is 8.48. The van der Waals surface area contributed by atoms with Crippen molar-refractivity contribution in [3.05, 3.63) is 27.2 Å². The Kier molecular flexibility index (Phi) is 6.24. The Bertz CT molecular complexity index is 881. The third kappa shape index (κ3) is 3.86.